The number of rotatable bonds is 1. The molecule has 0 aromatic carbocycles. The van der Waals surface area contributed by atoms with E-state index in [1.165, 1.54) is 25.9 Å². The highest BCUT2D eigenvalue weighted by atomic mass is 16.3. The molecule has 2 nitrogen and oxygen atoms in total. The molecule has 2 aliphatic rings. The van der Waals surface area contributed by atoms with Crippen LogP contribution >= 0.6 is 0 Å². The van der Waals surface area contributed by atoms with Gasteiger partial charge in [0.1, 0.15) is 0 Å². The van der Waals surface area contributed by atoms with Gasteiger partial charge in [0.15, 0.2) is 0 Å². The first kappa shape index (κ1) is 6.62. The zero-order valence-electron chi connectivity index (χ0n) is 6.16. The Hall–Kier alpha value is -0.0800. The fourth-order valence-corrected chi connectivity index (χ4v) is 1.66. The van der Waals surface area contributed by atoms with Gasteiger partial charge in [-0.25, -0.2) is 0 Å². The summed E-state index contributed by atoms with van der Waals surface area (Å²) in [5.41, 5.74) is 0. The molecule has 2 atom stereocenters. The third-order valence-electron chi connectivity index (χ3n) is 2.43. The lowest BCUT2D eigenvalue weighted by Crippen LogP contribution is -2.33. The summed E-state index contributed by atoms with van der Waals surface area (Å²) in [4.78, 5) is 2.41. The van der Waals surface area contributed by atoms with E-state index >= 15 is 0 Å². The summed E-state index contributed by atoms with van der Waals surface area (Å²) >= 11 is 0. The molecule has 1 aliphatic heterocycles. The van der Waals surface area contributed by atoms with Crippen LogP contribution in [-0.2, 0) is 0 Å². The second-order valence-corrected chi connectivity index (χ2v) is 3.27. The smallest absolute Gasteiger partial charge is 0.0712 e. The van der Waals surface area contributed by atoms with Crippen LogP contribution in [0.25, 0.3) is 0 Å². The average molecular weight is 140 g/mol. The van der Waals surface area contributed by atoms with Gasteiger partial charge in [-0.1, -0.05) is 0 Å². The second-order valence-electron chi connectivity index (χ2n) is 3.27. The van der Waals surface area contributed by atoms with Crippen molar-refractivity contribution in [3.05, 3.63) is 6.42 Å². The van der Waals surface area contributed by atoms with E-state index in [0.29, 0.717) is 6.04 Å². The number of piperidine rings is 1. The van der Waals surface area contributed by atoms with Gasteiger partial charge < -0.3 is 5.11 Å². The SMILES string of the molecule is OC1CC1N1CC[CH]CC1. The van der Waals surface area contributed by atoms with E-state index in [-0.39, 0.29) is 6.10 Å². The van der Waals surface area contributed by atoms with Gasteiger partial charge in [0.2, 0.25) is 0 Å². The molecular formula is C8H14NO. The van der Waals surface area contributed by atoms with Gasteiger partial charge in [0.05, 0.1) is 6.10 Å². The largest absolute Gasteiger partial charge is 0.391 e. The molecule has 1 aliphatic carbocycles. The molecule has 0 aromatic rings. The Morgan fingerprint density at radius 1 is 1.30 bits per heavy atom. The Labute approximate surface area is 61.8 Å². The predicted molar refractivity (Wildman–Crippen MR) is 39.5 cm³/mol. The Morgan fingerprint density at radius 2 is 1.90 bits per heavy atom. The molecule has 10 heavy (non-hydrogen) atoms. The maximum atomic E-state index is 9.13. The highest BCUT2D eigenvalue weighted by molar-refractivity contribution is 4.97. The van der Waals surface area contributed by atoms with E-state index in [0.717, 1.165) is 6.42 Å². The molecule has 2 rings (SSSR count). The van der Waals surface area contributed by atoms with Crippen molar-refractivity contribution in [2.45, 2.75) is 31.4 Å². The Morgan fingerprint density at radius 3 is 2.40 bits per heavy atom. The molecule has 1 saturated heterocycles. The van der Waals surface area contributed by atoms with Gasteiger partial charge in [-0.15, -0.1) is 0 Å². The number of likely N-dealkylation sites (tertiary alicyclic amines) is 1. The second kappa shape index (κ2) is 2.51. The van der Waals surface area contributed by atoms with E-state index < -0.39 is 0 Å². The number of hydrogen-bond donors (Lipinski definition) is 1. The van der Waals surface area contributed by atoms with E-state index in [1.807, 2.05) is 0 Å². The monoisotopic (exact) mass is 140 g/mol. The minimum Gasteiger partial charge on any atom is -0.391 e. The molecule has 1 radical (unpaired) electrons. The maximum absolute atomic E-state index is 9.13. The third-order valence-corrected chi connectivity index (χ3v) is 2.43. The number of nitrogens with zero attached hydrogens (tertiary/aromatic N) is 1. The van der Waals surface area contributed by atoms with Crippen molar-refractivity contribution in [1.29, 1.82) is 0 Å². The number of aliphatic hydroxyl groups excluding tert-OH is 1. The molecule has 0 amide bonds. The lowest BCUT2D eigenvalue weighted by atomic mass is 10.1. The standard InChI is InChI=1S/C8H14NO/c10-8-6-7(8)9-4-2-1-3-5-9/h1,7-8,10H,2-6H2. The van der Waals surface area contributed by atoms with Crippen LogP contribution in [0.5, 0.6) is 0 Å². The minimum atomic E-state index is -0.00176. The van der Waals surface area contributed by atoms with Crippen molar-refractivity contribution >= 4 is 0 Å². The van der Waals surface area contributed by atoms with Gasteiger partial charge in [0, 0.05) is 6.04 Å². The van der Waals surface area contributed by atoms with Crippen LogP contribution in [0.3, 0.4) is 0 Å². The molecule has 0 bridgehead atoms. The van der Waals surface area contributed by atoms with Crippen molar-refractivity contribution in [3.8, 4) is 0 Å². The predicted octanol–water partition coefficient (Wildman–Crippen LogP) is 0.420. The summed E-state index contributed by atoms with van der Waals surface area (Å²) in [6.07, 6.45) is 5.77. The number of aliphatic hydroxyl groups is 1. The maximum Gasteiger partial charge on any atom is 0.0712 e. The zero-order valence-corrected chi connectivity index (χ0v) is 6.16. The topological polar surface area (TPSA) is 23.5 Å². The summed E-state index contributed by atoms with van der Waals surface area (Å²) in [6, 6.07) is 0.522. The fraction of sp³-hybridized carbons (Fsp3) is 0.875. The Balaban J connectivity index is 1.81. The molecule has 2 heteroatoms. The van der Waals surface area contributed by atoms with E-state index in [1.54, 1.807) is 0 Å². The van der Waals surface area contributed by atoms with Gasteiger partial charge in [-0.3, -0.25) is 4.90 Å². The van der Waals surface area contributed by atoms with Crippen LogP contribution in [0.2, 0.25) is 0 Å². The average Bonchev–Trinajstić information content (AvgIpc) is 2.69. The highest BCUT2D eigenvalue weighted by Crippen LogP contribution is 2.29. The van der Waals surface area contributed by atoms with Crippen LogP contribution in [0.4, 0.5) is 0 Å². The normalized spacial score (nSPS) is 41.7. The van der Waals surface area contributed by atoms with Gasteiger partial charge in [0.25, 0.3) is 0 Å². The van der Waals surface area contributed by atoms with Crippen molar-refractivity contribution in [3.63, 3.8) is 0 Å². The molecular weight excluding hydrogens is 126 g/mol. The van der Waals surface area contributed by atoms with Crippen molar-refractivity contribution in [2.24, 2.45) is 0 Å². The summed E-state index contributed by atoms with van der Waals surface area (Å²) in [5.74, 6) is 0. The molecule has 57 valence electrons. The van der Waals surface area contributed by atoms with Crippen LogP contribution in [0, 0.1) is 6.42 Å². The van der Waals surface area contributed by atoms with Crippen molar-refractivity contribution in [2.75, 3.05) is 13.1 Å². The van der Waals surface area contributed by atoms with E-state index in [4.69, 9.17) is 5.11 Å². The molecule has 1 saturated carbocycles. The summed E-state index contributed by atoms with van der Waals surface area (Å²) < 4.78 is 0. The fourth-order valence-electron chi connectivity index (χ4n) is 1.66. The van der Waals surface area contributed by atoms with E-state index in [2.05, 4.69) is 11.3 Å². The van der Waals surface area contributed by atoms with Crippen LogP contribution in [-0.4, -0.2) is 35.2 Å². The first-order valence-electron chi connectivity index (χ1n) is 4.12. The van der Waals surface area contributed by atoms with Gasteiger partial charge >= 0.3 is 0 Å². The summed E-state index contributed by atoms with van der Waals surface area (Å²) in [7, 11) is 0. The molecule has 0 spiro atoms. The molecule has 1 heterocycles. The van der Waals surface area contributed by atoms with Crippen LogP contribution in [0.15, 0.2) is 0 Å². The van der Waals surface area contributed by atoms with Crippen LogP contribution < -0.4 is 0 Å². The minimum absolute atomic E-state index is 0.00176. The number of hydrogen-bond acceptors (Lipinski definition) is 2. The van der Waals surface area contributed by atoms with Crippen molar-refractivity contribution in [1.82, 2.24) is 4.90 Å². The Kier molecular flexibility index (Phi) is 1.66. The Bertz CT molecular complexity index is 120. The summed E-state index contributed by atoms with van der Waals surface area (Å²) in [6.45, 7) is 2.34. The van der Waals surface area contributed by atoms with Gasteiger partial charge in [-0.05, 0) is 38.8 Å². The first-order chi connectivity index (χ1) is 4.88. The lowest BCUT2D eigenvalue weighted by molar-refractivity contribution is 0.181. The van der Waals surface area contributed by atoms with Crippen LogP contribution in [0.1, 0.15) is 19.3 Å². The molecule has 2 unspecified atom stereocenters. The lowest BCUT2D eigenvalue weighted by Gasteiger charge is -2.25. The molecule has 2 fully saturated rings. The third kappa shape index (κ3) is 1.18. The quantitative estimate of drug-likeness (QED) is 0.570. The molecule has 1 N–H and O–H groups in total. The van der Waals surface area contributed by atoms with Crippen molar-refractivity contribution < 1.29 is 5.11 Å². The first-order valence-corrected chi connectivity index (χ1v) is 4.12. The van der Waals surface area contributed by atoms with Gasteiger partial charge in [-0.2, -0.15) is 0 Å². The highest BCUT2D eigenvalue weighted by Gasteiger charge is 2.40. The van der Waals surface area contributed by atoms with E-state index in [9.17, 15) is 0 Å². The molecule has 0 aromatic heterocycles. The summed E-state index contributed by atoms with van der Waals surface area (Å²) in [5, 5.41) is 9.13. The zero-order chi connectivity index (χ0) is 6.97.